The fourth-order valence-electron chi connectivity index (χ4n) is 1.99. The predicted octanol–water partition coefficient (Wildman–Crippen LogP) is 3.99. The molecule has 0 radical (unpaired) electrons. The average Bonchev–Trinajstić information content (AvgIpc) is 2.96. The summed E-state index contributed by atoms with van der Waals surface area (Å²) in [6.45, 7) is 6.31. The van der Waals surface area contributed by atoms with Crippen LogP contribution >= 0.6 is 22.9 Å². The summed E-state index contributed by atoms with van der Waals surface area (Å²) in [5.41, 5.74) is 2.24. The molecule has 0 bridgehead atoms. The number of thiophene rings is 1. The molecule has 1 atom stereocenters. The molecular formula is C14H20ClN3S. The second kappa shape index (κ2) is 6.07. The first-order chi connectivity index (χ1) is 9.02. The lowest BCUT2D eigenvalue weighted by Crippen LogP contribution is -2.18. The van der Waals surface area contributed by atoms with Crippen molar-refractivity contribution in [2.45, 2.75) is 39.3 Å². The molecule has 5 heteroatoms. The highest BCUT2D eigenvalue weighted by atomic mass is 35.5. The lowest BCUT2D eigenvalue weighted by Gasteiger charge is -2.14. The lowest BCUT2D eigenvalue weighted by molar-refractivity contribution is 0.516. The van der Waals surface area contributed by atoms with Crippen molar-refractivity contribution in [3.8, 4) is 0 Å². The van der Waals surface area contributed by atoms with E-state index < -0.39 is 0 Å². The van der Waals surface area contributed by atoms with E-state index in [9.17, 15) is 0 Å². The molecule has 2 rings (SSSR count). The van der Waals surface area contributed by atoms with Gasteiger partial charge in [-0.1, -0.05) is 11.6 Å². The second-order valence-corrected chi connectivity index (χ2v) is 6.31. The van der Waals surface area contributed by atoms with Gasteiger partial charge in [-0.15, -0.1) is 11.3 Å². The van der Waals surface area contributed by atoms with E-state index in [0.29, 0.717) is 6.04 Å². The molecule has 2 aromatic rings. The molecule has 0 saturated carbocycles. The van der Waals surface area contributed by atoms with E-state index in [2.05, 4.69) is 35.7 Å². The van der Waals surface area contributed by atoms with Gasteiger partial charge < -0.3 is 5.32 Å². The lowest BCUT2D eigenvalue weighted by atomic mass is 10.1. The summed E-state index contributed by atoms with van der Waals surface area (Å²) in [5, 5.41) is 10.9. The Balaban J connectivity index is 2.17. The number of halogens is 1. The number of nitrogens with zero attached hydrogens (tertiary/aromatic N) is 2. The molecule has 19 heavy (non-hydrogen) atoms. The third-order valence-corrected chi connectivity index (χ3v) is 5.02. The largest absolute Gasteiger partial charge is 0.312 e. The third-order valence-electron chi connectivity index (χ3n) is 3.20. The fraction of sp³-hybridized carbons (Fsp3) is 0.500. The number of aromatic nitrogens is 2. The van der Waals surface area contributed by atoms with Crippen molar-refractivity contribution in [2.24, 2.45) is 0 Å². The maximum Gasteiger partial charge on any atom is 0.0644 e. The minimum atomic E-state index is 0.224. The summed E-state index contributed by atoms with van der Waals surface area (Å²) in [5.74, 6) is 0. The molecular weight excluding hydrogens is 278 g/mol. The van der Waals surface area contributed by atoms with Crippen LogP contribution in [0.25, 0.3) is 0 Å². The van der Waals surface area contributed by atoms with Crippen molar-refractivity contribution in [2.75, 3.05) is 7.05 Å². The summed E-state index contributed by atoms with van der Waals surface area (Å²) in [6.07, 6.45) is 2.89. The third kappa shape index (κ3) is 3.19. The molecule has 2 heterocycles. The van der Waals surface area contributed by atoms with Gasteiger partial charge in [0.1, 0.15) is 0 Å². The minimum absolute atomic E-state index is 0.224. The number of likely N-dealkylation sites (N-methyl/N-ethyl adjacent to an activating group) is 1. The van der Waals surface area contributed by atoms with Crippen molar-refractivity contribution in [1.82, 2.24) is 15.1 Å². The van der Waals surface area contributed by atoms with Crippen LogP contribution in [0.1, 0.15) is 42.1 Å². The number of rotatable bonds is 5. The molecule has 0 aliphatic rings. The van der Waals surface area contributed by atoms with E-state index in [-0.39, 0.29) is 6.04 Å². The molecule has 2 aromatic heterocycles. The molecule has 1 unspecified atom stereocenters. The Morgan fingerprint density at radius 1 is 1.47 bits per heavy atom. The normalized spacial score (nSPS) is 13.2. The molecule has 0 spiro atoms. The van der Waals surface area contributed by atoms with E-state index in [0.717, 1.165) is 22.7 Å². The molecule has 0 amide bonds. The van der Waals surface area contributed by atoms with Crippen LogP contribution in [0.2, 0.25) is 5.02 Å². The molecule has 0 aromatic carbocycles. The van der Waals surface area contributed by atoms with Crippen LogP contribution in [-0.2, 0) is 6.42 Å². The molecule has 0 aliphatic heterocycles. The van der Waals surface area contributed by atoms with Crippen LogP contribution in [0.5, 0.6) is 0 Å². The highest BCUT2D eigenvalue weighted by Gasteiger charge is 2.18. The van der Waals surface area contributed by atoms with Gasteiger partial charge in [-0.25, -0.2) is 0 Å². The van der Waals surface area contributed by atoms with Crippen LogP contribution in [0.15, 0.2) is 17.6 Å². The molecule has 0 fully saturated rings. The van der Waals surface area contributed by atoms with Gasteiger partial charge in [0.2, 0.25) is 0 Å². The standard InChI is InChI=1S/C14H20ClN3S/c1-9(2)18-6-5-11(17-18)7-12(16-4)14-13(15)10(3)8-19-14/h5-6,8-9,12,16H,7H2,1-4H3. The smallest absolute Gasteiger partial charge is 0.0644 e. The van der Waals surface area contributed by atoms with Gasteiger partial charge in [0.15, 0.2) is 0 Å². The van der Waals surface area contributed by atoms with Crippen LogP contribution in [0.4, 0.5) is 0 Å². The van der Waals surface area contributed by atoms with Gasteiger partial charge >= 0.3 is 0 Å². The average molecular weight is 298 g/mol. The van der Waals surface area contributed by atoms with E-state index in [1.807, 2.05) is 24.9 Å². The summed E-state index contributed by atoms with van der Waals surface area (Å²) < 4.78 is 1.99. The monoisotopic (exact) mass is 297 g/mol. The summed E-state index contributed by atoms with van der Waals surface area (Å²) in [4.78, 5) is 1.20. The number of hydrogen-bond acceptors (Lipinski definition) is 3. The zero-order valence-corrected chi connectivity index (χ0v) is 13.3. The molecule has 0 aliphatic carbocycles. The van der Waals surface area contributed by atoms with Gasteiger partial charge in [-0.2, -0.15) is 5.10 Å². The fourth-order valence-corrected chi connectivity index (χ4v) is 3.43. The van der Waals surface area contributed by atoms with E-state index in [1.54, 1.807) is 11.3 Å². The topological polar surface area (TPSA) is 29.9 Å². The first-order valence-electron chi connectivity index (χ1n) is 6.47. The Morgan fingerprint density at radius 3 is 2.68 bits per heavy atom. The van der Waals surface area contributed by atoms with Crippen molar-refractivity contribution < 1.29 is 0 Å². The number of hydrogen-bond donors (Lipinski definition) is 1. The van der Waals surface area contributed by atoms with E-state index in [1.165, 1.54) is 4.88 Å². The molecule has 1 N–H and O–H groups in total. The first-order valence-corrected chi connectivity index (χ1v) is 7.73. The van der Waals surface area contributed by atoms with Crippen molar-refractivity contribution in [3.63, 3.8) is 0 Å². The SMILES string of the molecule is CNC(Cc1ccn(C(C)C)n1)c1scc(C)c1Cl. The van der Waals surface area contributed by atoms with Gasteiger partial charge in [0, 0.05) is 29.6 Å². The highest BCUT2D eigenvalue weighted by Crippen LogP contribution is 2.33. The first kappa shape index (κ1) is 14.6. The zero-order chi connectivity index (χ0) is 14.0. The molecule has 0 saturated heterocycles. The van der Waals surface area contributed by atoms with Gasteiger partial charge in [0.05, 0.1) is 10.7 Å². The van der Waals surface area contributed by atoms with Crippen LogP contribution < -0.4 is 5.32 Å². The Hall–Kier alpha value is -0.840. The predicted molar refractivity (Wildman–Crippen MR) is 82.2 cm³/mol. The summed E-state index contributed by atoms with van der Waals surface area (Å²) >= 11 is 8.06. The van der Waals surface area contributed by atoms with Crippen LogP contribution in [-0.4, -0.2) is 16.8 Å². The highest BCUT2D eigenvalue weighted by molar-refractivity contribution is 7.10. The van der Waals surface area contributed by atoms with Gasteiger partial charge in [0.25, 0.3) is 0 Å². The van der Waals surface area contributed by atoms with Crippen LogP contribution in [0, 0.1) is 6.92 Å². The Morgan fingerprint density at radius 2 is 2.21 bits per heavy atom. The summed E-state index contributed by atoms with van der Waals surface area (Å²) in [7, 11) is 1.97. The minimum Gasteiger partial charge on any atom is -0.312 e. The number of nitrogens with one attached hydrogen (secondary N) is 1. The van der Waals surface area contributed by atoms with Gasteiger partial charge in [-0.3, -0.25) is 4.68 Å². The van der Waals surface area contributed by atoms with Crippen molar-refractivity contribution in [1.29, 1.82) is 0 Å². The number of aryl methyl sites for hydroxylation is 1. The Labute approximate surface area is 123 Å². The van der Waals surface area contributed by atoms with E-state index in [4.69, 9.17) is 11.6 Å². The quantitative estimate of drug-likeness (QED) is 0.904. The molecule has 3 nitrogen and oxygen atoms in total. The molecule has 104 valence electrons. The second-order valence-electron chi connectivity index (χ2n) is 5.02. The Kier molecular flexibility index (Phi) is 4.66. The van der Waals surface area contributed by atoms with Crippen LogP contribution in [0.3, 0.4) is 0 Å². The van der Waals surface area contributed by atoms with Gasteiger partial charge in [-0.05, 0) is 44.8 Å². The van der Waals surface area contributed by atoms with Crippen molar-refractivity contribution >= 4 is 22.9 Å². The maximum absolute atomic E-state index is 6.35. The van der Waals surface area contributed by atoms with E-state index >= 15 is 0 Å². The Bertz CT molecular complexity index is 545. The maximum atomic E-state index is 6.35. The summed E-state index contributed by atoms with van der Waals surface area (Å²) in [6, 6.07) is 2.70. The van der Waals surface area contributed by atoms with Crippen molar-refractivity contribution in [3.05, 3.63) is 38.8 Å². The zero-order valence-electron chi connectivity index (χ0n) is 11.8.